The Kier molecular flexibility index (Phi) is 3.30. The summed E-state index contributed by atoms with van der Waals surface area (Å²) < 4.78 is 24.2. The fourth-order valence-electron chi connectivity index (χ4n) is 1.14. The van der Waals surface area contributed by atoms with Crippen LogP contribution in [0.4, 0.5) is 5.69 Å². The van der Waals surface area contributed by atoms with Crippen molar-refractivity contribution in [3.63, 3.8) is 0 Å². The van der Waals surface area contributed by atoms with Crippen LogP contribution in [0.3, 0.4) is 0 Å². The SMILES string of the molecule is CC(=O)c1ccc(NS(C)(=O)=O)c(C#N)c1. The van der Waals surface area contributed by atoms with Crippen LogP contribution in [0.25, 0.3) is 0 Å². The van der Waals surface area contributed by atoms with Crippen molar-refractivity contribution in [2.45, 2.75) is 6.92 Å². The Bertz CT molecular complexity index is 570. The molecule has 6 heteroatoms. The van der Waals surface area contributed by atoms with E-state index in [1.54, 1.807) is 0 Å². The zero-order chi connectivity index (χ0) is 12.3. The summed E-state index contributed by atoms with van der Waals surface area (Å²) in [5.74, 6) is -0.178. The lowest BCUT2D eigenvalue weighted by Gasteiger charge is -2.06. The Morgan fingerprint density at radius 3 is 2.50 bits per heavy atom. The monoisotopic (exact) mass is 238 g/mol. The molecule has 0 unspecified atom stereocenters. The first-order valence-electron chi connectivity index (χ1n) is 4.36. The first-order chi connectivity index (χ1) is 7.33. The van der Waals surface area contributed by atoms with Crippen molar-refractivity contribution in [2.24, 2.45) is 0 Å². The number of anilines is 1. The summed E-state index contributed by atoms with van der Waals surface area (Å²) in [7, 11) is -3.43. The molecule has 84 valence electrons. The molecular formula is C10H10N2O3S. The van der Waals surface area contributed by atoms with E-state index in [9.17, 15) is 13.2 Å². The molecule has 0 aliphatic heterocycles. The summed E-state index contributed by atoms with van der Waals surface area (Å²) in [5, 5.41) is 8.83. The van der Waals surface area contributed by atoms with Gasteiger partial charge in [-0.2, -0.15) is 5.26 Å². The zero-order valence-electron chi connectivity index (χ0n) is 8.81. The van der Waals surface area contributed by atoms with E-state index in [-0.39, 0.29) is 17.0 Å². The Morgan fingerprint density at radius 1 is 1.44 bits per heavy atom. The van der Waals surface area contributed by atoms with Crippen molar-refractivity contribution in [2.75, 3.05) is 11.0 Å². The van der Waals surface area contributed by atoms with Crippen molar-refractivity contribution in [1.82, 2.24) is 0 Å². The van der Waals surface area contributed by atoms with E-state index in [1.807, 2.05) is 6.07 Å². The minimum absolute atomic E-state index is 0.123. The number of carbonyl (C=O) groups excluding carboxylic acids is 1. The predicted octanol–water partition coefficient (Wildman–Crippen LogP) is 1.13. The molecule has 0 bridgehead atoms. The molecule has 0 fully saturated rings. The molecule has 0 saturated heterocycles. The van der Waals surface area contributed by atoms with Gasteiger partial charge >= 0.3 is 0 Å². The minimum atomic E-state index is -3.43. The van der Waals surface area contributed by atoms with Crippen molar-refractivity contribution < 1.29 is 13.2 Å². The maximum absolute atomic E-state index is 11.1. The summed E-state index contributed by atoms with van der Waals surface area (Å²) in [6.45, 7) is 1.38. The number of ketones is 1. The molecule has 1 N–H and O–H groups in total. The van der Waals surface area contributed by atoms with E-state index in [2.05, 4.69) is 4.72 Å². The van der Waals surface area contributed by atoms with E-state index < -0.39 is 10.0 Å². The Labute approximate surface area is 93.8 Å². The number of sulfonamides is 1. The Morgan fingerprint density at radius 2 is 2.06 bits per heavy atom. The van der Waals surface area contributed by atoms with Gasteiger partial charge in [-0.3, -0.25) is 9.52 Å². The highest BCUT2D eigenvalue weighted by molar-refractivity contribution is 7.92. The van der Waals surface area contributed by atoms with Crippen LogP contribution in [0, 0.1) is 11.3 Å². The molecule has 5 nitrogen and oxygen atoms in total. The molecule has 0 spiro atoms. The number of carbonyl (C=O) groups is 1. The first-order valence-corrected chi connectivity index (χ1v) is 6.25. The topological polar surface area (TPSA) is 87.0 Å². The number of nitrogens with zero attached hydrogens (tertiary/aromatic N) is 1. The standard InChI is InChI=1S/C10H10N2O3S/c1-7(13)8-3-4-10(9(5-8)6-11)12-16(2,14)15/h3-5,12H,1-2H3. The number of nitriles is 1. The summed E-state index contributed by atoms with van der Waals surface area (Å²) in [6.07, 6.45) is 0.993. The molecule has 0 saturated carbocycles. The quantitative estimate of drug-likeness (QED) is 0.800. The molecule has 0 atom stereocenters. The van der Waals surface area contributed by atoms with Crippen LogP contribution in [-0.4, -0.2) is 20.5 Å². The van der Waals surface area contributed by atoms with E-state index >= 15 is 0 Å². The highest BCUT2D eigenvalue weighted by Crippen LogP contribution is 2.18. The third kappa shape index (κ3) is 3.07. The molecule has 16 heavy (non-hydrogen) atoms. The summed E-state index contributed by atoms with van der Waals surface area (Å²) in [4.78, 5) is 11.1. The molecule has 0 aliphatic carbocycles. The van der Waals surface area contributed by atoms with Crippen LogP contribution < -0.4 is 4.72 Å². The lowest BCUT2D eigenvalue weighted by Crippen LogP contribution is -2.11. The second-order valence-electron chi connectivity index (χ2n) is 3.30. The molecule has 0 aliphatic rings. The Hall–Kier alpha value is -1.87. The molecule has 0 radical (unpaired) electrons. The number of hydrogen-bond donors (Lipinski definition) is 1. The van der Waals surface area contributed by atoms with Gasteiger partial charge < -0.3 is 0 Å². The van der Waals surface area contributed by atoms with Gasteiger partial charge in [0.25, 0.3) is 0 Å². The predicted molar refractivity (Wildman–Crippen MR) is 59.6 cm³/mol. The van der Waals surface area contributed by atoms with Gasteiger partial charge in [0.1, 0.15) is 6.07 Å². The largest absolute Gasteiger partial charge is 0.295 e. The number of nitrogens with one attached hydrogen (secondary N) is 1. The van der Waals surface area contributed by atoms with Gasteiger partial charge in [-0.05, 0) is 25.1 Å². The fraction of sp³-hybridized carbons (Fsp3) is 0.200. The van der Waals surface area contributed by atoms with Gasteiger partial charge in [0.2, 0.25) is 10.0 Å². The van der Waals surface area contributed by atoms with E-state index in [4.69, 9.17) is 5.26 Å². The molecule has 0 aromatic heterocycles. The summed E-state index contributed by atoms with van der Waals surface area (Å²) in [5.41, 5.74) is 0.670. The fourth-order valence-corrected chi connectivity index (χ4v) is 1.72. The van der Waals surface area contributed by atoms with Crippen LogP contribution in [0.15, 0.2) is 18.2 Å². The van der Waals surface area contributed by atoms with Crippen molar-refractivity contribution in [3.05, 3.63) is 29.3 Å². The van der Waals surface area contributed by atoms with E-state index in [0.29, 0.717) is 5.56 Å². The number of rotatable bonds is 3. The molecule has 1 aromatic carbocycles. The average molecular weight is 238 g/mol. The van der Waals surface area contributed by atoms with Crippen LogP contribution >= 0.6 is 0 Å². The third-order valence-electron chi connectivity index (χ3n) is 1.84. The van der Waals surface area contributed by atoms with Gasteiger partial charge in [0, 0.05) is 5.56 Å². The third-order valence-corrected chi connectivity index (χ3v) is 2.43. The van der Waals surface area contributed by atoms with Crippen LogP contribution in [0.1, 0.15) is 22.8 Å². The van der Waals surface area contributed by atoms with E-state index in [1.165, 1.54) is 25.1 Å². The van der Waals surface area contributed by atoms with Crippen LogP contribution in [-0.2, 0) is 10.0 Å². The summed E-state index contributed by atoms with van der Waals surface area (Å²) >= 11 is 0. The van der Waals surface area contributed by atoms with Crippen molar-refractivity contribution in [1.29, 1.82) is 5.26 Å². The smallest absolute Gasteiger partial charge is 0.229 e. The van der Waals surface area contributed by atoms with Crippen LogP contribution in [0.5, 0.6) is 0 Å². The van der Waals surface area contributed by atoms with Gasteiger partial charge in [-0.1, -0.05) is 0 Å². The molecule has 1 rings (SSSR count). The second kappa shape index (κ2) is 4.33. The maximum Gasteiger partial charge on any atom is 0.229 e. The van der Waals surface area contributed by atoms with E-state index in [0.717, 1.165) is 6.26 Å². The zero-order valence-corrected chi connectivity index (χ0v) is 9.63. The average Bonchev–Trinajstić information content (AvgIpc) is 2.15. The van der Waals surface area contributed by atoms with Crippen molar-refractivity contribution in [3.8, 4) is 6.07 Å². The summed E-state index contributed by atoms with van der Waals surface area (Å²) in [6, 6.07) is 6.06. The molecule has 1 aromatic rings. The highest BCUT2D eigenvalue weighted by atomic mass is 32.2. The lowest BCUT2D eigenvalue weighted by atomic mass is 10.1. The minimum Gasteiger partial charge on any atom is -0.295 e. The van der Waals surface area contributed by atoms with Gasteiger partial charge in [0.05, 0.1) is 17.5 Å². The second-order valence-corrected chi connectivity index (χ2v) is 5.05. The van der Waals surface area contributed by atoms with Gasteiger partial charge in [-0.25, -0.2) is 8.42 Å². The van der Waals surface area contributed by atoms with Gasteiger partial charge in [0.15, 0.2) is 5.78 Å². The highest BCUT2D eigenvalue weighted by Gasteiger charge is 2.09. The molecule has 0 heterocycles. The van der Waals surface area contributed by atoms with Gasteiger partial charge in [-0.15, -0.1) is 0 Å². The first kappa shape index (κ1) is 12.2. The van der Waals surface area contributed by atoms with Crippen LogP contribution in [0.2, 0.25) is 0 Å². The molecule has 0 amide bonds. The normalized spacial score (nSPS) is 10.6. The number of benzene rings is 1. The number of hydrogen-bond acceptors (Lipinski definition) is 4. The molecular weight excluding hydrogens is 228 g/mol. The number of Topliss-reactive ketones (excluding diaryl/α,β-unsaturated/α-hetero) is 1. The lowest BCUT2D eigenvalue weighted by molar-refractivity contribution is 0.101. The Balaban J connectivity index is 3.24. The maximum atomic E-state index is 11.1. The van der Waals surface area contributed by atoms with Crippen molar-refractivity contribution >= 4 is 21.5 Å².